The summed E-state index contributed by atoms with van der Waals surface area (Å²) in [7, 11) is 0. The number of carbonyl (C=O) groups excluding carboxylic acids is 1. The summed E-state index contributed by atoms with van der Waals surface area (Å²) >= 11 is 3.35. The third kappa shape index (κ3) is 3.88. The highest BCUT2D eigenvalue weighted by atomic mass is 79.9. The SMILES string of the molecule is C=C(C)CC(=O)Cc1ccc(Br)cc1. The molecule has 0 aromatic heterocycles. The number of carbonyl (C=O) groups is 1. The van der Waals surface area contributed by atoms with Crippen LogP contribution >= 0.6 is 15.9 Å². The second kappa shape index (κ2) is 5.11. The van der Waals surface area contributed by atoms with E-state index in [1.165, 1.54) is 0 Å². The summed E-state index contributed by atoms with van der Waals surface area (Å²) in [6.45, 7) is 5.60. The van der Waals surface area contributed by atoms with Crippen molar-refractivity contribution in [3.8, 4) is 0 Å². The van der Waals surface area contributed by atoms with E-state index in [1.807, 2.05) is 31.2 Å². The zero-order chi connectivity index (χ0) is 10.6. The van der Waals surface area contributed by atoms with Gasteiger partial charge >= 0.3 is 0 Å². The molecule has 0 aliphatic carbocycles. The molecule has 0 heterocycles. The van der Waals surface area contributed by atoms with E-state index in [0.717, 1.165) is 15.6 Å². The van der Waals surface area contributed by atoms with Crippen LogP contribution in [0.25, 0.3) is 0 Å². The van der Waals surface area contributed by atoms with Crippen LogP contribution in [0.4, 0.5) is 0 Å². The maximum absolute atomic E-state index is 11.4. The Morgan fingerprint density at radius 1 is 1.36 bits per heavy atom. The average Bonchev–Trinajstić information content (AvgIpc) is 2.07. The largest absolute Gasteiger partial charge is 0.299 e. The molecule has 1 nitrogen and oxygen atoms in total. The third-order valence-electron chi connectivity index (χ3n) is 1.81. The van der Waals surface area contributed by atoms with Crippen LogP contribution in [0.3, 0.4) is 0 Å². The Bertz CT molecular complexity index is 338. The summed E-state index contributed by atoms with van der Waals surface area (Å²) < 4.78 is 1.04. The second-order valence-corrected chi connectivity index (χ2v) is 4.39. The Morgan fingerprint density at radius 3 is 2.43 bits per heavy atom. The van der Waals surface area contributed by atoms with Gasteiger partial charge in [0.2, 0.25) is 0 Å². The number of hydrogen-bond acceptors (Lipinski definition) is 1. The lowest BCUT2D eigenvalue weighted by Crippen LogP contribution is -2.02. The van der Waals surface area contributed by atoms with Crippen molar-refractivity contribution in [3.05, 3.63) is 46.5 Å². The minimum Gasteiger partial charge on any atom is -0.299 e. The Morgan fingerprint density at radius 2 is 1.93 bits per heavy atom. The molecule has 0 spiro atoms. The van der Waals surface area contributed by atoms with Crippen LogP contribution in [0.1, 0.15) is 18.9 Å². The summed E-state index contributed by atoms with van der Waals surface area (Å²) in [5.74, 6) is 0.222. The minimum absolute atomic E-state index is 0.222. The topological polar surface area (TPSA) is 17.1 Å². The molecule has 14 heavy (non-hydrogen) atoms. The van der Waals surface area contributed by atoms with Gasteiger partial charge in [-0.1, -0.05) is 40.2 Å². The van der Waals surface area contributed by atoms with Crippen molar-refractivity contribution in [1.29, 1.82) is 0 Å². The van der Waals surface area contributed by atoms with Gasteiger partial charge in [-0.15, -0.1) is 0 Å². The molecule has 0 amide bonds. The quantitative estimate of drug-likeness (QED) is 0.750. The molecule has 1 rings (SSSR count). The van der Waals surface area contributed by atoms with E-state index in [4.69, 9.17) is 0 Å². The summed E-state index contributed by atoms with van der Waals surface area (Å²) in [4.78, 5) is 11.4. The van der Waals surface area contributed by atoms with Crippen LogP contribution in [0.5, 0.6) is 0 Å². The van der Waals surface area contributed by atoms with Gasteiger partial charge in [0.15, 0.2) is 0 Å². The number of Topliss-reactive ketones (excluding diaryl/α,β-unsaturated/α-hetero) is 1. The van der Waals surface area contributed by atoms with Gasteiger partial charge in [0.1, 0.15) is 5.78 Å². The lowest BCUT2D eigenvalue weighted by molar-refractivity contribution is -0.117. The minimum atomic E-state index is 0.222. The fraction of sp³-hybridized carbons (Fsp3) is 0.250. The Labute approximate surface area is 93.0 Å². The molecule has 74 valence electrons. The molecule has 2 heteroatoms. The van der Waals surface area contributed by atoms with Crippen molar-refractivity contribution >= 4 is 21.7 Å². The zero-order valence-electron chi connectivity index (χ0n) is 8.22. The lowest BCUT2D eigenvalue weighted by atomic mass is 10.0. The highest BCUT2D eigenvalue weighted by Crippen LogP contribution is 2.12. The number of allylic oxidation sites excluding steroid dienone is 1. The van der Waals surface area contributed by atoms with Gasteiger partial charge in [-0.05, 0) is 24.6 Å². The normalized spacial score (nSPS) is 9.86. The molecular weight excluding hydrogens is 240 g/mol. The predicted octanol–water partition coefficient (Wildman–Crippen LogP) is 3.53. The third-order valence-corrected chi connectivity index (χ3v) is 2.34. The fourth-order valence-electron chi connectivity index (χ4n) is 1.23. The van der Waals surface area contributed by atoms with Crippen LogP contribution in [-0.4, -0.2) is 5.78 Å². The van der Waals surface area contributed by atoms with E-state index in [0.29, 0.717) is 12.8 Å². The van der Waals surface area contributed by atoms with Gasteiger partial charge in [0.25, 0.3) is 0 Å². The van der Waals surface area contributed by atoms with Crippen molar-refractivity contribution in [2.75, 3.05) is 0 Å². The molecule has 0 bridgehead atoms. The molecular formula is C12H13BrO. The molecule has 1 aromatic rings. The van der Waals surface area contributed by atoms with Crippen LogP contribution in [0, 0.1) is 0 Å². The monoisotopic (exact) mass is 252 g/mol. The van der Waals surface area contributed by atoms with Crippen LogP contribution in [-0.2, 0) is 11.2 Å². The molecule has 0 unspecified atom stereocenters. The highest BCUT2D eigenvalue weighted by Gasteiger charge is 2.03. The first-order valence-electron chi connectivity index (χ1n) is 4.48. The maximum atomic E-state index is 11.4. The second-order valence-electron chi connectivity index (χ2n) is 3.48. The van der Waals surface area contributed by atoms with Crippen molar-refractivity contribution in [2.24, 2.45) is 0 Å². The molecule has 0 fully saturated rings. The first-order valence-corrected chi connectivity index (χ1v) is 5.28. The molecule has 0 saturated carbocycles. The van der Waals surface area contributed by atoms with E-state index in [1.54, 1.807) is 0 Å². The smallest absolute Gasteiger partial charge is 0.141 e. The first kappa shape index (κ1) is 11.2. The van der Waals surface area contributed by atoms with Gasteiger partial charge in [0.05, 0.1) is 0 Å². The molecule has 1 aromatic carbocycles. The Hall–Kier alpha value is -0.890. The maximum Gasteiger partial charge on any atom is 0.141 e. The summed E-state index contributed by atoms with van der Waals surface area (Å²) in [5.41, 5.74) is 1.98. The van der Waals surface area contributed by atoms with E-state index in [-0.39, 0.29) is 5.78 Å². The number of benzene rings is 1. The van der Waals surface area contributed by atoms with Crippen molar-refractivity contribution in [2.45, 2.75) is 19.8 Å². The predicted molar refractivity (Wildman–Crippen MR) is 62.3 cm³/mol. The van der Waals surface area contributed by atoms with Gasteiger partial charge in [-0.3, -0.25) is 4.79 Å². The van der Waals surface area contributed by atoms with Crippen molar-refractivity contribution in [3.63, 3.8) is 0 Å². The summed E-state index contributed by atoms with van der Waals surface area (Å²) in [6.07, 6.45) is 0.982. The van der Waals surface area contributed by atoms with Crippen molar-refractivity contribution < 1.29 is 4.79 Å². The average molecular weight is 253 g/mol. The van der Waals surface area contributed by atoms with Crippen LogP contribution in [0.15, 0.2) is 40.9 Å². The standard InChI is InChI=1S/C12H13BrO/c1-9(2)7-12(14)8-10-3-5-11(13)6-4-10/h3-6H,1,7-8H2,2H3. The van der Waals surface area contributed by atoms with Gasteiger partial charge < -0.3 is 0 Å². The Kier molecular flexibility index (Phi) is 4.08. The molecule has 0 aliphatic rings. The molecule has 0 aliphatic heterocycles. The number of hydrogen-bond donors (Lipinski definition) is 0. The molecule has 0 atom stereocenters. The number of halogens is 1. The first-order chi connectivity index (χ1) is 6.58. The Balaban J connectivity index is 2.56. The van der Waals surface area contributed by atoms with Gasteiger partial charge in [-0.25, -0.2) is 0 Å². The van der Waals surface area contributed by atoms with Crippen LogP contribution in [0.2, 0.25) is 0 Å². The lowest BCUT2D eigenvalue weighted by Gasteiger charge is -2.00. The number of rotatable bonds is 4. The molecule has 0 N–H and O–H groups in total. The van der Waals surface area contributed by atoms with E-state index >= 15 is 0 Å². The van der Waals surface area contributed by atoms with Crippen LogP contribution < -0.4 is 0 Å². The fourth-order valence-corrected chi connectivity index (χ4v) is 1.49. The summed E-state index contributed by atoms with van der Waals surface area (Å²) in [5, 5.41) is 0. The summed E-state index contributed by atoms with van der Waals surface area (Å²) in [6, 6.07) is 7.81. The zero-order valence-corrected chi connectivity index (χ0v) is 9.80. The molecule has 0 radical (unpaired) electrons. The van der Waals surface area contributed by atoms with E-state index < -0.39 is 0 Å². The highest BCUT2D eigenvalue weighted by molar-refractivity contribution is 9.10. The molecule has 0 saturated heterocycles. The van der Waals surface area contributed by atoms with Gasteiger partial charge in [-0.2, -0.15) is 0 Å². The van der Waals surface area contributed by atoms with E-state index in [9.17, 15) is 4.79 Å². The number of ketones is 1. The van der Waals surface area contributed by atoms with Crippen molar-refractivity contribution in [1.82, 2.24) is 0 Å². The van der Waals surface area contributed by atoms with E-state index in [2.05, 4.69) is 22.5 Å². The van der Waals surface area contributed by atoms with Gasteiger partial charge in [0, 0.05) is 17.3 Å².